The average molecular weight is 371 g/mol. The predicted molar refractivity (Wildman–Crippen MR) is 114 cm³/mol. The van der Waals surface area contributed by atoms with E-state index < -0.39 is 0 Å². The molecule has 0 heterocycles. The third kappa shape index (κ3) is 4.32. The molecule has 1 N–H and O–H groups in total. The molecule has 0 aliphatic carbocycles. The normalized spacial score (nSPS) is 11.5. The number of rotatable bonds is 7. The van der Waals surface area contributed by atoms with Crippen LogP contribution < -0.4 is 10.1 Å². The van der Waals surface area contributed by atoms with Crippen LogP contribution >= 0.6 is 0 Å². The molecule has 0 unspecified atom stereocenters. The van der Waals surface area contributed by atoms with Gasteiger partial charge in [0.2, 0.25) is 0 Å². The molecule has 28 heavy (non-hydrogen) atoms. The number of carbonyl (C=O) groups is 1. The number of allylic oxidation sites excluding steroid dienone is 1. The zero-order valence-electron chi connectivity index (χ0n) is 16.3. The molecule has 3 aromatic rings. The summed E-state index contributed by atoms with van der Waals surface area (Å²) in [5, 5.41) is 3.21. The van der Waals surface area contributed by atoms with Gasteiger partial charge >= 0.3 is 0 Å². The fraction of sp³-hybridized carbons (Fsp3) is 0.160. The van der Waals surface area contributed by atoms with E-state index in [1.54, 1.807) is 19.3 Å². The highest BCUT2D eigenvalue weighted by atomic mass is 16.5. The Kier molecular flexibility index (Phi) is 6.28. The van der Waals surface area contributed by atoms with Crippen LogP contribution in [0.5, 0.6) is 5.75 Å². The van der Waals surface area contributed by atoms with E-state index >= 15 is 0 Å². The van der Waals surface area contributed by atoms with E-state index in [0.29, 0.717) is 12.0 Å². The monoisotopic (exact) mass is 371 g/mol. The molecule has 1 atom stereocenters. The Balaban J connectivity index is 1.95. The van der Waals surface area contributed by atoms with Gasteiger partial charge in [-0.25, -0.2) is 0 Å². The van der Waals surface area contributed by atoms with Crippen LogP contribution in [0.1, 0.15) is 38.7 Å². The van der Waals surface area contributed by atoms with Crippen molar-refractivity contribution in [2.24, 2.45) is 0 Å². The molecule has 0 radical (unpaired) electrons. The Bertz CT molecular complexity index is 963. The number of ether oxygens (including phenoxy) is 1. The van der Waals surface area contributed by atoms with E-state index in [2.05, 4.69) is 31.0 Å². The van der Waals surface area contributed by atoms with Gasteiger partial charge in [0.05, 0.1) is 13.2 Å². The van der Waals surface area contributed by atoms with Crippen molar-refractivity contribution < 1.29 is 9.53 Å². The van der Waals surface area contributed by atoms with E-state index in [1.165, 1.54) is 0 Å². The van der Waals surface area contributed by atoms with Crippen molar-refractivity contribution in [2.75, 3.05) is 7.11 Å². The van der Waals surface area contributed by atoms with Crippen LogP contribution in [0, 0.1) is 6.92 Å². The summed E-state index contributed by atoms with van der Waals surface area (Å²) in [6.07, 6.45) is 2.45. The minimum absolute atomic E-state index is 0.120. The van der Waals surface area contributed by atoms with E-state index in [0.717, 1.165) is 28.0 Å². The molecule has 0 bridgehead atoms. The second-order valence-corrected chi connectivity index (χ2v) is 6.69. The molecule has 0 aromatic heterocycles. The van der Waals surface area contributed by atoms with Crippen LogP contribution in [0.3, 0.4) is 0 Å². The van der Waals surface area contributed by atoms with Gasteiger partial charge in [-0.1, -0.05) is 60.7 Å². The van der Waals surface area contributed by atoms with E-state index in [1.807, 2.05) is 54.6 Å². The molecule has 3 nitrogen and oxygen atoms in total. The number of carbonyl (C=O) groups excluding carboxylic acids is 1. The van der Waals surface area contributed by atoms with Crippen molar-refractivity contribution in [2.45, 2.75) is 19.4 Å². The van der Waals surface area contributed by atoms with Gasteiger partial charge in [0.25, 0.3) is 5.91 Å². The fourth-order valence-corrected chi connectivity index (χ4v) is 3.35. The third-order valence-electron chi connectivity index (χ3n) is 4.81. The minimum Gasteiger partial charge on any atom is -0.496 e. The summed E-state index contributed by atoms with van der Waals surface area (Å²) < 4.78 is 5.39. The Morgan fingerprint density at radius 2 is 1.79 bits per heavy atom. The lowest BCUT2D eigenvalue weighted by molar-refractivity contribution is 0.0943. The maximum atomic E-state index is 13.1. The SMILES string of the molecule is C=CCc1cc(C(=O)N[C@H](c2ccccc2)c2ccccc2C)ccc1OC. The Labute approximate surface area is 166 Å². The minimum atomic E-state index is -0.222. The second-order valence-electron chi connectivity index (χ2n) is 6.69. The maximum Gasteiger partial charge on any atom is 0.252 e. The molecule has 0 aliphatic rings. The highest BCUT2D eigenvalue weighted by molar-refractivity contribution is 5.95. The van der Waals surface area contributed by atoms with Gasteiger partial charge < -0.3 is 10.1 Å². The van der Waals surface area contributed by atoms with E-state index in [9.17, 15) is 4.79 Å². The summed E-state index contributed by atoms with van der Waals surface area (Å²) in [4.78, 5) is 13.1. The molecule has 142 valence electrons. The van der Waals surface area contributed by atoms with Crippen molar-refractivity contribution in [3.63, 3.8) is 0 Å². The topological polar surface area (TPSA) is 38.3 Å². The maximum absolute atomic E-state index is 13.1. The highest BCUT2D eigenvalue weighted by Gasteiger charge is 2.20. The summed E-state index contributed by atoms with van der Waals surface area (Å²) in [6, 6.07) is 23.4. The van der Waals surface area contributed by atoms with Crippen LogP contribution in [0.15, 0.2) is 85.5 Å². The summed E-state index contributed by atoms with van der Waals surface area (Å²) in [5.41, 5.74) is 4.81. The molecular weight excluding hydrogens is 346 g/mol. The number of amides is 1. The van der Waals surface area contributed by atoms with Crippen molar-refractivity contribution in [1.82, 2.24) is 5.32 Å². The summed E-state index contributed by atoms with van der Waals surface area (Å²) in [5.74, 6) is 0.639. The van der Waals surface area contributed by atoms with Gasteiger partial charge in [0.1, 0.15) is 5.75 Å². The lowest BCUT2D eigenvalue weighted by atomic mass is 9.94. The zero-order chi connectivity index (χ0) is 19.9. The Morgan fingerprint density at radius 3 is 2.46 bits per heavy atom. The molecule has 1 amide bonds. The standard InChI is InChI=1S/C25H25NO2/c1-4-10-20-17-21(15-16-23(20)28-3)25(27)26-24(19-12-6-5-7-13-19)22-14-9-8-11-18(22)2/h4-9,11-17,24H,1,10H2,2-3H3,(H,26,27)/t24-/m1/s1. The first-order valence-corrected chi connectivity index (χ1v) is 9.33. The van der Waals surface area contributed by atoms with Crippen molar-refractivity contribution in [3.8, 4) is 5.75 Å². The van der Waals surface area contributed by atoms with Crippen LogP contribution in [0.4, 0.5) is 0 Å². The van der Waals surface area contributed by atoms with E-state index in [-0.39, 0.29) is 11.9 Å². The quantitative estimate of drug-likeness (QED) is 0.576. The molecular formula is C25H25NO2. The van der Waals surface area contributed by atoms with Gasteiger partial charge in [0, 0.05) is 5.56 Å². The fourth-order valence-electron chi connectivity index (χ4n) is 3.35. The van der Waals surface area contributed by atoms with Crippen molar-refractivity contribution in [1.29, 1.82) is 0 Å². The first-order chi connectivity index (χ1) is 13.6. The predicted octanol–water partition coefficient (Wildman–Crippen LogP) is 5.25. The third-order valence-corrected chi connectivity index (χ3v) is 4.81. The first kappa shape index (κ1) is 19.4. The smallest absolute Gasteiger partial charge is 0.252 e. The van der Waals surface area contributed by atoms with Gasteiger partial charge in [-0.2, -0.15) is 0 Å². The van der Waals surface area contributed by atoms with Gasteiger partial charge in [-0.3, -0.25) is 4.79 Å². The summed E-state index contributed by atoms with van der Waals surface area (Å²) >= 11 is 0. The van der Waals surface area contributed by atoms with Crippen LogP contribution in [-0.4, -0.2) is 13.0 Å². The number of aryl methyl sites for hydroxylation is 1. The number of nitrogens with one attached hydrogen (secondary N) is 1. The molecule has 3 aromatic carbocycles. The van der Waals surface area contributed by atoms with Gasteiger partial charge in [-0.15, -0.1) is 6.58 Å². The van der Waals surface area contributed by atoms with E-state index in [4.69, 9.17) is 4.74 Å². The largest absolute Gasteiger partial charge is 0.496 e. The van der Waals surface area contributed by atoms with Crippen LogP contribution in [0.25, 0.3) is 0 Å². The number of methoxy groups -OCH3 is 1. The zero-order valence-corrected chi connectivity index (χ0v) is 16.3. The second kappa shape index (κ2) is 9.05. The molecule has 0 saturated heterocycles. The summed E-state index contributed by atoms with van der Waals surface area (Å²) in [7, 11) is 1.63. The molecule has 3 heteroatoms. The van der Waals surface area contributed by atoms with Crippen molar-refractivity contribution >= 4 is 5.91 Å². The first-order valence-electron chi connectivity index (χ1n) is 9.33. The molecule has 0 fully saturated rings. The molecule has 0 saturated carbocycles. The van der Waals surface area contributed by atoms with Crippen LogP contribution in [-0.2, 0) is 6.42 Å². The van der Waals surface area contributed by atoms with Gasteiger partial charge in [0.15, 0.2) is 0 Å². The Morgan fingerprint density at radius 1 is 1.07 bits per heavy atom. The van der Waals surface area contributed by atoms with Gasteiger partial charge in [-0.05, 0) is 53.8 Å². The lowest BCUT2D eigenvalue weighted by Crippen LogP contribution is -2.30. The number of hydrogen-bond acceptors (Lipinski definition) is 2. The molecule has 0 aliphatic heterocycles. The molecule has 3 rings (SSSR count). The highest BCUT2D eigenvalue weighted by Crippen LogP contribution is 2.26. The van der Waals surface area contributed by atoms with Crippen LogP contribution in [0.2, 0.25) is 0 Å². The average Bonchev–Trinajstić information content (AvgIpc) is 2.73. The Hall–Kier alpha value is -3.33. The number of benzene rings is 3. The van der Waals surface area contributed by atoms with Crippen molar-refractivity contribution in [3.05, 3.63) is 113 Å². The summed E-state index contributed by atoms with van der Waals surface area (Å²) in [6.45, 7) is 5.85. The lowest BCUT2D eigenvalue weighted by Gasteiger charge is -2.22. The molecule has 0 spiro atoms. The number of hydrogen-bond donors (Lipinski definition) is 1.